The molecule has 0 radical (unpaired) electrons. The maximum absolute atomic E-state index is 13.9. The summed E-state index contributed by atoms with van der Waals surface area (Å²) in [6.07, 6.45) is 2.66. The maximum atomic E-state index is 13.9. The summed E-state index contributed by atoms with van der Waals surface area (Å²) in [6, 6.07) is 6.81. The molecule has 1 aliphatic heterocycles. The van der Waals surface area contributed by atoms with Crippen molar-refractivity contribution in [2.75, 3.05) is 31.1 Å². The van der Waals surface area contributed by atoms with E-state index in [4.69, 9.17) is 0 Å². The minimum absolute atomic E-state index is 0.0458. The molecule has 0 N–H and O–H groups in total. The molecule has 1 amide bonds. The maximum Gasteiger partial charge on any atom is 0.226 e. The zero-order valence-corrected chi connectivity index (χ0v) is 14.4. The van der Waals surface area contributed by atoms with Gasteiger partial charge < -0.3 is 9.80 Å². The summed E-state index contributed by atoms with van der Waals surface area (Å²) in [7, 11) is 0. The zero-order chi connectivity index (χ0) is 16.7. The van der Waals surface area contributed by atoms with Crippen LogP contribution in [0.4, 0.5) is 9.52 Å². The van der Waals surface area contributed by atoms with Crippen molar-refractivity contribution in [3.8, 4) is 0 Å². The van der Waals surface area contributed by atoms with E-state index in [1.165, 1.54) is 10.9 Å². The molecule has 4 nitrogen and oxygen atoms in total. The number of carbonyl (C=O) groups excluding carboxylic acids is 1. The molecule has 6 heteroatoms. The van der Waals surface area contributed by atoms with E-state index in [1.54, 1.807) is 23.5 Å². The molecule has 0 spiro atoms. The third-order valence-electron chi connectivity index (χ3n) is 4.88. The zero-order valence-electron chi connectivity index (χ0n) is 13.6. The van der Waals surface area contributed by atoms with Gasteiger partial charge in [0.05, 0.1) is 0 Å². The molecule has 1 aromatic carbocycles. The number of amides is 1. The van der Waals surface area contributed by atoms with Crippen LogP contribution < -0.4 is 4.90 Å². The van der Waals surface area contributed by atoms with E-state index in [0.717, 1.165) is 37.7 Å². The Morgan fingerprint density at radius 2 is 2.00 bits per heavy atom. The highest BCUT2D eigenvalue weighted by Crippen LogP contribution is 2.49. The number of aromatic nitrogens is 1. The monoisotopic (exact) mass is 345 g/mol. The lowest BCUT2D eigenvalue weighted by Crippen LogP contribution is -2.49. The number of rotatable bonds is 3. The van der Waals surface area contributed by atoms with Gasteiger partial charge in [0, 0.05) is 43.2 Å². The summed E-state index contributed by atoms with van der Waals surface area (Å²) in [5.41, 5.74) is 0.688. The third-order valence-corrected chi connectivity index (χ3v) is 5.86. The van der Waals surface area contributed by atoms with Crippen LogP contribution in [0.25, 0.3) is 0 Å². The fraction of sp³-hybridized carbons (Fsp3) is 0.444. The molecule has 4 rings (SSSR count). The van der Waals surface area contributed by atoms with Crippen molar-refractivity contribution in [2.45, 2.75) is 19.3 Å². The summed E-state index contributed by atoms with van der Waals surface area (Å²) in [5.74, 6) is -0.00567. The fourth-order valence-corrected chi connectivity index (χ4v) is 4.24. The normalized spacial score (nSPS) is 23.4. The highest BCUT2D eigenvalue weighted by molar-refractivity contribution is 7.15. The van der Waals surface area contributed by atoms with E-state index in [2.05, 4.69) is 16.8 Å². The van der Waals surface area contributed by atoms with Gasteiger partial charge in [0.15, 0.2) is 5.13 Å². The van der Waals surface area contributed by atoms with Crippen LogP contribution in [0.2, 0.25) is 0 Å². The number of aryl methyl sites for hydroxylation is 1. The molecular formula is C18H20FN3OS. The van der Waals surface area contributed by atoms with E-state index in [9.17, 15) is 9.18 Å². The van der Waals surface area contributed by atoms with Crippen molar-refractivity contribution in [1.82, 2.24) is 9.88 Å². The Hall–Kier alpha value is -1.95. The van der Waals surface area contributed by atoms with Crippen LogP contribution in [0.3, 0.4) is 0 Å². The van der Waals surface area contributed by atoms with Crippen LogP contribution in [0.5, 0.6) is 0 Å². The first-order valence-corrected chi connectivity index (χ1v) is 9.15. The second-order valence-corrected chi connectivity index (χ2v) is 7.75. The van der Waals surface area contributed by atoms with E-state index in [0.29, 0.717) is 5.56 Å². The summed E-state index contributed by atoms with van der Waals surface area (Å²) in [4.78, 5) is 22.5. The minimum atomic E-state index is -0.193. The quantitative estimate of drug-likeness (QED) is 0.858. The fourth-order valence-electron chi connectivity index (χ4n) is 3.43. The first kappa shape index (κ1) is 15.6. The van der Waals surface area contributed by atoms with Gasteiger partial charge in [0.25, 0.3) is 0 Å². The van der Waals surface area contributed by atoms with Gasteiger partial charge in [-0.1, -0.05) is 18.2 Å². The molecule has 2 fully saturated rings. The Bertz CT molecular complexity index is 754. The summed E-state index contributed by atoms with van der Waals surface area (Å²) in [6.45, 7) is 5.12. The van der Waals surface area contributed by atoms with Crippen LogP contribution >= 0.6 is 11.3 Å². The van der Waals surface area contributed by atoms with Crippen molar-refractivity contribution < 1.29 is 9.18 Å². The lowest BCUT2D eigenvalue weighted by Gasteiger charge is -2.34. The number of halogens is 1. The van der Waals surface area contributed by atoms with Crippen molar-refractivity contribution in [1.29, 1.82) is 0 Å². The second-order valence-electron chi connectivity index (χ2n) is 6.54. The third kappa shape index (κ3) is 2.90. The average molecular weight is 345 g/mol. The average Bonchev–Trinajstić information content (AvgIpc) is 3.28. The summed E-state index contributed by atoms with van der Waals surface area (Å²) >= 11 is 1.69. The van der Waals surface area contributed by atoms with Crippen molar-refractivity contribution in [2.24, 2.45) is 5.92 Å². The molecule has 1 saturated carbocycles. The molecule has 2 aromatic rings. The largest absolute Gasteiger partial charge is 0.345 e. The molecule has 24 heavy (non-hydrogen) atoms. The lowest BCUT2D eigenvalue weighted by atomic mass is 10.1. The number of benzene rings is 1. The number of thiazole rings is 1. The van der Waals surface area contributed by atoms with Gasteiger partial charge in [-0.25, -0.2) is 9.37 Å². The molecule has 1 aromatic heterocycles. The predicted molar refractivity (Wildman–Crippen MR) is 92.9 cm³/mol. The first-order valence-electron chi connectivity index (χ1n) is 8.34. The highest BCUT2D eigenvalue weighted by Gasteiger charge is 2.47. The van der Waals surface area contributed by atoms with Crippen molar-refractivity contribution in [3.05, 3.63) is 46.7 Å². The van der Waals surface area contributed by atoms with Gasteiger partial charge in [-0.05, 0) is 30.9 Å². The van der Waals surface area contributed by atoms with Crippen molar-refractivity contribution >= 4 is 22.4 Å². The summed E-state index contributed by atoms with van der Waals surface area (Å²) < 4.78 is 13.9. The lowest BCUT2D eigenvalue weighted by molar-refractivity contribution is -0.132. The number of piperazine rings is 1. The molecular weight excluding hydrogens is 325 g/mol. The minimum Gasteiger partial charge on any atom is -0.345 e. The van der Waals surface area contributed by atoms with E-state index >= 15 is 0 Å². The Kier molecular flexibility index (Phi) is 4.00. The number of hydrogen-bond acceptors (Lipinski definition) is 4. The molecule has 126 valence electrons. The molecule has 1 saturated heterocycles. The standard InChI is InChI=1S/C18H20FN3OS/c1-12-11-20-18(24-12)22-8-6-21(7-9-22)17(23)15-10-14(15)13-4-2-3-5-16(13)19/h2-5,11,14-15H,6-10H2,1H3. The SMILES string of the molecule is Cc1cnc(N2CCN(C(=O)C3CC3c3ccccc3F)CC2)s1. The van der Waals surface area contributed by atoms with Gasteiger partial charge in [-0.2, -0.15) is 0 Å². The van der Waals surface area contributed by atoms with Gasteiger partial charge in [-0.15, -0.1) is 11.3 Å². The topological polar surface area (TPSA) is 36.4 Å². The Morgan fingerprint density at radius 1 is 1.25 bits per heavy atom. The van der Waals surface area contributed by atoms with Crippen LogP contribution in [0.15, 0.2) is 30.5 Å². The van der Waals surface area contributed by atoms with E-state index in [1.807, 2.05) is 17.2 Å². The van der Waals surface area contributed by atoms with Gasteiger partial charge in [0.2, 0.25) is 5.91 Å². The number of carbonyl (C=O) groups is 1. The number of anilines is 1. The molecule has 2 atom stereocenters. The van der Waals surface area contributed by atoms with Crippen LogP contribution in [-0.2, 0) is 4.79 Å². The molecule has 2 unspecified atom stereocenters. The van der Waals surface area contributed by atoms with Crippen LogP contribution in [0.1, 0.15) is 22.8 Å². The van der Waals surface area contributed by atoms with Gasteiger partial charge in [-0.3, -0.25) is 4.79 Å². The first-order chi connectivity index (χ1) is 11.6. The molecule has 2 heterocycles. The Morgan fingerprint density at radius 3 is 2.67 bits per heavy atom. The second kappa shape index (κ2) is 6.16. The van der Waals surface area contributed by atoms with Gasteiger partial charge >= 0.3 is 0 Å². The van der Waals surface area contributed by atoms with Gasteiger partial charge in [0.1, 0.15) is 5.82 Å². The van der Waals surface area contributed by atoms with E-state index in [-0.39, 0.29) is 23.6 Å². The number of hydrogen-bond donors (Lipinski definition) is 0. The number of nitrogens with zero attached hydrogens (tertiary/aromatic N) is 3. The molecule has 0 bridgehead atoms. The van der Waals surface area contributed by atoms with Crippen LogP contribution in [0, 0.1) is 18.7 Å². The predicted octanol–water partition coefficient (Wildman–Crippen LogP) is 3.04. The highest BCUT2D eigenvalue weighted by atomic mass is 32.1. The molecule has 2 aliphatic rings. The van der Waals surface area contributed by atoms with Crippen LogP contribution in [-0.4, -0.2) is 42.0 Å². The van der Waals surface area contributed by atoms with E-state index < -0.39 is 0 Å². The molecule has 1 aliphatic carbocycles. The summed E-state index contributed by atoms with van der Waals surface area (Å²) in [5, 5.41) is 1.04. The Balaban J connectivity index is 1.35. The van der Waals surface area contributed by atoms with Crippen molar-refractivity contribution in [3.63, 3.8) is 0 Å². The smallest absolute Gasteiger partial charge is 0.226 e. The Labute approximate surface area is 144 Å².